The zero-order chi connectivity index (χ0) is 10.7. The summed E-state index contributed by atoms with van der Waals surface area (Å²) >= 11 is 0. The minimum atomic E-state index is 0.832. The van der Waals surface area contributed by atoms with Gasteiger partial charge in [-0.15, -0.1) is 0 Å². The molecule has 1 saturated heterocycles. The second kappa shape index (κ2) is 5.31. The first-order chi connectivity index (χ1) is 7.25. The highest BCUT2D eigenvalue weighted by Gasteiger charge is 2.32. The van der Waals surface area contributed by atoms with Crippen molar-refractivity contribution in [2.24, 2.45) is 11.8 Å². The summed E-state index contributed by atoms with van der Waals surface area (Å²) in [6.07, 6.45) is 7.01. The van der Waals surface area contributed by atoms with Crippen LogP contribution in [0.4, 0.5) is 0 Å². The summed E-state index contributed by atoms with van der Waals surface area (Å²) < 4.78 is 0. The molecule has 2 nitrogen and oxygen atoms in total. The highest BCUT2D eigenvalue weighted by molar-refractivity contribution is 4.84. The van der Waals surface area contributed by atoms with Crippen LogP contribution >= 0.6 is 0 Å². The van der Waals surface area contributed by atoms with E-state index in [0.717, 1.165) is 17.9 Å². The van der Waals surface area contributed by atoms with Gasteiger partial charge in [0.2, 0.25) is 0 Å². The van der Waals surface area contributed by atoms with E-state index in [-0.39, 0.29) is 0 Å². The first kappa shape index (κ1) is 11.4. The van der Waals surface area contributed by atoms with Crippen LogP contribution in [0.15, 0.2) is 0 Å². The van der Waals surface area contributed by atoms with Crippen molar-refractivity contribution in [2.45, 2.75) is 45.1 Å². The van der Waals surface area contributed by atoms with Crippen molar-refractivity contribution < 1.29 is 0 Å². The number of nitrogens with one attached hydrogen (secondary N) is 1. The average Bonchev–Trinajstić information content (AvgIpc) is 2.68. The van der Waals surface area contributed by atoms with Crippen LogP contribution in [-0.4, -0.2) is 37.6 Å². The maximum absolute atomic E-state index is 3.57. The monoisotopic (exact) mass is 210 g/mol. The lowest BCUT2D eigenvalue weighted by atomic mass is 10.1. The number of nitrogens with zero attached hydrogens (tertiary/aromatic N) is 1. The van der Waals surface area contributed by atoms with Crippen LogP contribution in [0.3, 0.4) is 0 Å². The Bertz CT molecular complexity index is 187. The fraction of sp³-hybridized carbons (Fsp3) is 1.00. The molecular weight excluding hydrogens is 184 g/mol. The van der Waals surface area contributed by atoms with E-state index in [9.17, 15) is 0 Å². The Morgan fingerprint density at radius 3 is 2.80 bits per heavy atom. The van der Waals surface area contributed by atoms with Crippen molar-refractivity contribution in [3.8, 4) is 0 Å². The molecule has 0 aromatic carbocycles. The van der Waals surface area contributed by atoms with Crippen molar-refractivity contribution in [1.29, 1.82) is 0 Å². The fourth-order valence-corrected chi connectivity index (χ4v) is 2.76. The molecular formula is C13H26N2. The van der Waals surface area contributed by atoms with Gasteiger partial charge in [0, 0.05) is 12.6 Å². The lowest BCUT2D eigenvalue weighted by Gasteiger charge is -2.17. The quantitative estimate of drug-likeness (QED) is 0.722. The molecule has 0 radical (unpaired) electrons. The predicted molar refractivity (Wildman–Crippen MR) is 65.0 cm³/mol. The molecule has 0 aromatic rings. The molecule has 0 spiro atoms. The zero-order valence-corrected chi connectivity index (χ0v) is 10.3. The third-order valence-corrected chi connectivity index (χ3v) is 4.08. The van der Waals surface area contributed by atoms with Crippen LogP contribution in [0.2, 0.25) is 0 Å². The Morgan fingerprint density at radius 2 is 2.20 bits per heavy atom. The van der Waals surface area contributed by atoms with E-state index < -0.39 is 0 Å². The molecule has 3 atom stereocenters. The third-order valence-electron chi connectivity index (χ3n) is 4.08. The van der Waals surface area contributed by atoms with Gasteiger partial charge in [0.15, 0.2) is 0 Å². The lowest BCUT2D eigenvalue weighted by Crippen LogP contribution is -2.26. The molecule has 3 unspecified atom stereocenters. The minimum absolute atomic E-state index is 0.832. The van der Waals surface area contributed by atoms with Gasteiger partial charge in [0.1, 0.15) is 0 Å². The maximum Gasteiger partial charge on any atom is 0.00680 e. The zero-order valence-electron chi connectivity index (χ0n) is 10.3. The first-order valence-electron chi connectivity index (χ1n) is 6.67. The Labute approximate surface area is 94.4 Å². The van der Waals surface area contributed by atoms with E-state index in [1.54, 1.807) is 0 Å². The number of hydrogen-bond donors (Lipinski definition) is 1. The van der Waals surface area contributed by atoms with Crippen molar-refractivity contribution in [3.63, 3.8) is 0 Å². The molecule has 1 heterocycles. The molecule has 2 heteroatoms. The normalized spacial score (nSPS) is 35.0. The topological polar surface area (TPSA) is 15.3 Å². The molecule has 2 aliphatic rings. The molecule has 2 fully saturated rings. The molecule has 1 aliphatic heterocycles. The van der Waals surface area contributed by atoms with Crippen LogP contribution in [0.5, 0.6) is 0 Å². The van der Waals surface area contributed by atoms with Crippen LogP contribution in [0.25, 0.3) is 0 Å². The summed E-state index contributed by atoms with van der Waals surface area (Å²) in [7, 11) is 2.28. The maximum atomic E-state index is 3.57. The van der Waals surface area contributed by atoms with Crippen molar-refractivity contribution in [2.75, 3.05) is 26.7 Å². The summed E-state index contributed by atoms with van der Waals surface area (Å²) in [5.74, 6) is 2.02. The van der Waals surface area contributed by atoms with Crippen molar-refractivity contribution in [1.82, 2.24) is 10.2 Å². The number of hydrogen-bond acceptors (Lipinski definition) is 2. The van der Waals surface area contributed by atoms with Crippen molar-refractivity contribution in [3.05, 3.63) is 0 Å². The van der Waals surface area contributed by atoms with E-state index >= 15 is 0 Å². The molecule has 1 N–H and O–H groups in total. The standard InChI is InChI=1S/C13H26N2/c1-11-9-12(11)10-15(2)8-4-6-13-5-3-7-14-13/h11-14H,3-10H2,1-2H3. The molecule has 15 heavy (non-hydrogen) atoms. The molecule has 0 amide bonds. The molecule has 88 valence electrons. The Kier molecular flexibility index (Phi) is 4.04. The summed E-state index contributed by atoms with van der Waals surface area (Å²) in [4.78, 5) is 2.53. The highest BCUT2D eigenvalue weighted by Crippen LogP contribution is 2.37. The summed E-state index contributed by atoms with van der Waals surface area (Å²) in [5.41, 5.74) is 0. The van der Waals surface area contributed by atoms with E-state index in [1.165, 1.54) is 51.7 Å². The fourth-order valence-electron chi connectivity index (χ4n) is 2.76. The number of rotatable bonds is 6. The Morgan fingerprint density at radius 1 is 1.40 bits per heavy atom. The molecule has 1 aliphatic carbocycles. The van der Waals surface area contributed by atoms with Gasteiger partial charge in [0.25, 0.3) is 0 Å². The third kappa shape index (κ3) is 3.76. The smallest absolute Gasteiger partial charge is 0.00680 e. The van der Waals surface area contributed by atoms with Gasteiger partial charge < -0.3 is 10.2 Å². The lowest BCUT2D eigenvalue weighted by molar-refractivity contribution is 0.302. The minimum Gasteiger partial charge on any atom is -0.314 e. The van der Waals surface area contributed by atoms with Gasteiger partial charge >= 0.3 is 0 Å². The van der Waals surface area contributed by atoms with Gasteiger partial charge in [-0.3, -0.25) is 0 Å². The van der Waals surface area contributed by atoms with E-state index in [2.05, 4.69) is 24.2 Å². The van der Waals surface area contributed by atoms with Crippen LogP contribution in [0.1, 0.15) is 39.0 Å². The molecule has 0 aromatic heterocycles. The summed E-state index contributed by atoms with van der Waals surface area (Å²) in [5, 5.41) is 3.57. The van der Waals surface area contributed by atoms with Gasteiger partial charge in [-0.1, -0.05) is 6.92 Å². The van der Waals surface area contributed by atoms with Crippen LogP contribution in [0, 0.1) is 11.8 Å². The molecule has 0 bridgehead atoms. The largest absolute Gasteiger partial charge is 0.314 e. The molecule has 2 rings (SSSR count). The first-order valence-corrected chi connectivity index (χ1v) is 6.67. The van der Waals surface area contributed by atoms with E-state index in [0.29, 0.717) is 0 Å². The SMILES string of the molecule is CC1CC1CN(C)CCCC1CCCN1. The second-order valence-corrected chi connectivity index (χ2v) is 5.67. The van der Waals surface area contributed by atoms with Gasteiger partial charge in [0.05, 0.1) is 0 Å². The highest BCUT2D eigenvalue weighted by atomic mass is 15.1. The second-order valence-electron chi connectivity index (χ2n) is 5.67. The van der Waals surface area contributed by atoms with E-state index in [4.69, 9.17) is 0 Å². The van der Waals surface area contributed by atoms with Gasteiger partial charge in [-0.25, -0.2) is 0 Å². The molecule has 1 saturated carbocycles. The Hall–Kier alpha value is -0.0800. The summed E-state index contributed by atoms with van der Waals surface area (Å²) in [6.45, 7) is 6.25. The average molecular weight is 210 g/mol. The Balaban J connectivity index is 1.49. The predicted octanol–water partition coefficient (Wildman–Crippen LogP) is 2.11. The van der Waals surface area contributed by atoms with Gasteiger partial charge in [-0.05, 0) is 64.1 Å². The van der Waals surface area contributed by atoms with Crippen LogP contribution < -0.4 is 5.32 Å². The van der Waals surface area contributed by atoms with E-state index in [1.807, 2.05) is 0 Å². The summed E-state index contributed by atoms with van der Waals surface area (Å²) in [6, 6.07) is 0.832. The van der Waals surface area contributed by atoms with Gasteiger partial charge in [-0.2, -0.15) is 0 Å². The van der Waals surface area contributed by atoms with Crippen molar-refractivity contribution >= 4 is 0 Å². The van der Waals surface area contributed by atoms with Crippen LogP contribution in [-0.2, 0) is 0 Å².